The molecule has 4 atom stereocenters. The maximum atomic E-state index is 9.09. The molecule has 1 rings (SSSR count). The number of rotatable bonds is 2. The molecule has 5 heteroatoms. The van der Waals surface area contributed by atoms with E-state index in [2.05, 4.69) is 0 Å². The van der Waals surface area contributed by atoms with Gasteiger partial charge in [0.15, 0.2) is 0 Å². The Kier molecular flexibility index (Phi) is 2.80. The minimum atomic E-state index is -1.16. The van der Waals surface area contributed by atoms with Crippen molar-refractivity contribution in [2.75, 3.05) is 6.61 Å². The van der Waals surface area contributed by atoms with Crippen LogP contribution in [-0.2, 0) is 4.74 Å². The van der Waals surface area contributed by atoms with Crippen LogP contribution in [0.2, 0.25) is 0 Å². The molecule has 0 aromatic carbocycles. The maximum absolute atomic E-state index is 9.09. The van der Waals surface area contributed by atoms with Gasteiger partial charge in [0.05, 0.1) is 6.61 Å². The summed E-state index contributed by atoms with van der Waals surface area (Å²) < 4.78 is 4.83. The van der Waals surface area contributed by atoms with E-state index in [1.165, 1.54) is 0 Å². The van der Waals surface area contributed by atoms with Crippen LogP contribution in [0.25, 0.3) is 0 Å². The lowest BCUT2D eigenvalue weighted by Crippen LogP contribution is -2.33. The Morgan fingerprint density at radius 1 is 1.27 bits per heavy atom. The zero-order valence-corrected chi connectivity index (χ0v) is 5.79. The number of hydrogen-bond donors (Lipinski definition) is 4. The highest BCUT2D eigenvalue weighted by molar-refractivity contribution is 4.93. The van der Waals surface area contributed by atoms with Crippen molar-refractivity contribution >= 4 is 0 Å². The molecule has 0 aromatic rings. The molecule has 65 valence electrons. The minimum Gasteiger partial charge on any atom is -0.394 e. The summed E-state index contributed by atoms with van der Waals surface area (Å²) in [4.78, 5) is 0. The van der Waals surface area contributed by atoms with Gasteiger partial charge in [-0.25, -0.2) is 0 Å². The van der Waals surface area contributed by atoms with E-state index in [-0.39, 0.29) is 6.61 Å². The molecule has 1 aliphatic heterocycles. The van der Waals surface area contributed by atoms with Crippen LogP contribution in [0, 0.1) is 6.61 Å². The fourth-order valence-corrected chi connectivity index (χ4v) is 1.05. The third kappa shape index (κ3) is 1.52. The molecule has 11 heavy (non-hydrogen) atoms. The zero-order chi connectivity index (χ0) is 8.43. The Hall–Kier alpha value is -0.200. The average Bonchev–Trinajstić information content (AvgIpc) is 2.30. The number of ether oxygens (including phenoxy) is 1. The van der Waals surface area contributed by atoms with Crippen molar-refractivity contribution < 1.29 is 25.2 Å². The van der Waals surface area contributed by atoms with Crippen LogP contribution in [0.5, 0.6) is 0 Å². The quantitative estimate of drug-likeness (QED) is 0.378. The van der Waals surface area contributed by atoms with Gasteiger partial charge in [-0.15, -0.1) is 0 Å². The van der Waals surface area contributed by atoms with Gasteiger partial charge in [0.25, 0.3) is 0 Å². The van der Waals surface area contributed by atoms with Crippen LogP contribution >= 0.6 is 0 Å². The molecule has 4 N–H and O–H groups in total. The molecule has 0 saturated carbocycles. The van der Waals surface area contributed by atoms with E-state index in [0.717, 1.165) is 0 Å². The standard InChI is InChI=1S/C6H11O5/c7-1-3-5(9)6(10)4(2-8)11-3/h1,3-10H,2H2/t3-,4+,5+,6+/m0/s1. The Labute approximate surface area is 63.8 Å². The molecule has 0 bridgehead atoms. The Balaban J connectivity index is 2.53. The third-order valence-corrected chi connectivity index (χ3v) is 1.73. The van der Waals surface area contributed by atoms with Crippen molar-refractivity contribution in [3.05, 3.63) is 6.61 Å². The second-order valence-corrected chi connectivity index (χ2v) is 2.45. The lowest BCUT2D eigenvalue weighted by Gasteiger charge is -2.10. The summed E-state index contributed by atoms with van der Waals surface area (Å²) >= 11 is 0. The summed E-state index contributed by atoms with van der Waals surface area (Å²) in [6, 6.07) is 0. The second kappa shape index (κ2) is 3.46. The predicted molar refractivity (Wildman–Crippen MR) is 34.0 cm³/mol. The summed E-state index contributed by atoms with van der Waals surface area (Å²) in [6.07, 6.45) is -3.99. The fraction of sp³-hybridized carbons (Fsp3) is 0.833. The van der Waals surface area contributed by atoms with E-state index in [1.807, 2.05) is 0 Å². The molecule has 0 unspecified atom stereocenters. The summed E-state index contributed by atoms with van der Waals surface area (Å²) in [5.41, 5.74) is 0. The predicted octanol–water partition coefficient (Wildman–Crippen LogP) is -2.00. The smallest absolute Gasteiger partial charge is 0.115 e. The molecule has 1 aliphatic rings. The number of aliphatic hydroxyl groups excluding tert-OH is 4. The molecule has 1 fully saturated rings. The Bertz CT molecular complexity index is 110. The molecule has 1 heterocycles. The molecule has 1 radical (unpaired) electrons. The SMILES string of the molecule is O[CH][C@@H]1O[C@H](CO)[C@@H](O)[C@@H]1O. The van der Waals surface area contributed by atoms with Crippen molar-refractivity contribution in [2.45, 2.75) is 24.4 Å². The van der Waals surface area contributed by atoms with Gasteiger partial charge < -0.3 is 25.2 Å². The zero-order valence-electron chi connectivity index (χ0n) is 5.79. The number of hydrogen-bond acceptors (Lipinski definition) is 5. The van der Waals surface area contributed by atoms with Gasteiger partial charge in [-0.1, -0.05) is 0 Å². The first kappa shape index (κ1) is 8.89. The molecular formula is C6H11O5. The fourth-order valence-electron chi connectivity index (χ4n) is 1.05. The Morgan fingerprint density at radius 3 is 2.18 bits per heavy atom. The van der Waals surface area contributed by atoms with Crippen LogP contribution in [0.4, 0.5) is 0 Å². The van der Waals surface area contributed by atoms with Gasteiger partial charge in [-0.05, 0) is 0 Å². The van der Waals surface area contributed by atoms with Crippen molar-refractivity contribution in [3.63, 3.8) is 0 Å². The monoisotopic (exact) mass is 163 g/mol. The largest absolute Gasteiger partial charge is 0.394 e. The van der Waals surface area contributed by atoms with Crippen LogP contribution in [0.1, 0.15) is 0 Å². The first-order valence-electron chi connectivity index (χ1n) is 3.30. The van der Waals surface area contributed by atoms with E-state index in [0.29, 0.717) is 6.61 Å². The molecule has 0 spiro atoms. The molecule has 1 saturated heterocycles. The highest BCUT2D eigenvalue weighted by Crippen LogP contribution is 2.21. The van der Waals surface area contributed by atoms with Gasteiger partial charge in [-0.2, -0.15) is 0 Å². The van der Waals surface area contributed by atoms with E-state index in [1.54, 1.807) is 0 Å². The molecular weight excluding hydrogens is 152 g/mol. The minimum absolute atomic E-state index is 0.372. The van der Waals surface area contributed by atoms with Gasteiger partial charge >= 0.3 is 0 Å². The summed E-state index contributed by atoms with van der Waals surface area (Å²) in [5, 5.41) is 35.2. The highest BCUT2D eigenvalue weighted by atomic mass is 16.6. The second-order valence-electron chi connectivity index (χ2n) is 2.45. The molecule has 5 nitrogen and oxygen atoms in total. The highest BCUT2D eigenvalue weighted by Gasteiger charge is 2.41. The molecule has 0 aromatic heterocycles. The molecule has 0 aliphatic carbocycles. The summed E-state index contributed by atoms with van der Waals surface area (Å²) in [5.74, 6) is 0. The van der Waals surface area contributed by atoms with Crippen molar-refractivity contribution in [3.8, 4) is 0 Å². The van der Waals surface area contributed by atoms with E-state index in [4.69, 9.17) is 25.2 Å². The normalized spacial score (nSPS) is 44.7. The van der Waals surface area contributed by atoms with Gasteiger partial charge in [0.1, 0.15) is 31.0 Å². The van der Waals surface area contributed by atoms with Gasteiger partial charge in [0.2, 0.25) is 0 Å². The van der Waals surface area contributed by atoms with Crippen molar-refractivity contribution in [1.82, 2.24) is 0 Å². The average molecular weight is 163 g/mol. The summed E-state index contributed by atoms with van der Waals surface area (Å²) in [6.45, 7) is 0.284. The van der Waals surface area contributed by atoms with E-state index < -0.39 is 24.4 Å². The number of aliphatic hydroxyl groups is 4. The van der Waals surface area contributed by atoms with Crippen LogP contribution in [0.3, 0.4) is 0 Å². The van der Waals surface area contributed by atoms with Crippen molar-refractivity contribution in [1.29, 1.82) is 0 Å². The molecule has 0 amide bonds. The first-order valence-corrected chi connectivity index (χ1v) is 3.30. The Morgan fingerprint density at radius 2 is 1.91 bits per heavy atom. The van der Waals surface area contributed by atoms with Crippen LogP contribution in [0.15, 0.2) is 0 Å². The lowest BCUT2D eigenvalue weighted by molar-refractivity contribution is -0.0234. The van der Waals surface area contributed by atoms with Gasteiger partial charge in [0, 0.05) is 0 Å². The van der Waals surface area contributed by atoms with Crippen molar-refractivity contribution in [2.24, 2.45) is 0 Å². The topological polar surface area (TPSA) is 90.2 Å². The third-order valence-electron chi connectivity index (χ3n) is 1.73. The maximum Gasteiger partial charge on any atom is 0.115 e. The van der Waals surface area contributed by atoms with Crippen LogP contribution in [-0.4, -0.2) is 51.4 Å². The van der Waals surface area contributed by atoms with Crippen LogP contribution < -0.4 is 0 Å². The van der Waals surface area contributed by atoms with E-state index in [9.17, 15) is 0 Å². The van der Waals surface area contributed by atoms with E-state index >= 15 is 0 Å². The summed E-state index contributed by atoms with van der Waals surface area (Å²) in [7, 11) is 0. The first-order chi connectivity index (χ1) is 5.20. The lowest BCUT2D eigenvalue weighted by atomic mass is 10.1. The van der Waals surface area contributed by atoms with Gasteiger partial charge in [-0.3, -0.25) is 0 Å².